The monoisotopic (exact) mass is 1530 g/mol. The molecule has 2 aromatic carbocycles. The van der Waals surface area contributed by atoms with Crippen molar-refractivity contribution in [2.45, 2.75) is 223 Å². The Kier molecular flexibility index (Phi) is 27.7. The summed E-state index contributed by atoms with van der Waals surface area (Å²) in [5, 5.41) is 8.61. The molecule has 7 aliphatic heterocycles. The third-order valence-electron chi connectivity index (χ3n) is 23.2. The van der Waals surface area contributed by atoms with Gasteiger partial charge in [0.2, 0.25) is 70.9 Å². The van der Waals surface area contributed by atoms with Crippen molar-refractivity contribution >= 4 is 77.0 Å². The zero-order valence-corrected chi connectivity index (χ0v) is 64.7. The van der Waals surface area contributed by atoms with Crippen LogP contribution in [0.5, 0.6) is 0 Å². The number of halogens is 5. The summed E-state index contributed by atoms with van der Waals surface area (Å²) in [6, 6.07) is -3.07. The van der Waals surface area contributed by atoms with Crippen LogP contribution in [0.3, 0.4) is 0 Å². The van der Waals surface area contributed by atoms with Crippen LogP contribution in [0.4, 0.5) is 22.0 Å². The van der Waals surface area contributed by atoms with Gasteiger partial charge in [-0.05, 0) is 136 Å². The standard InChI is InChI=1S/C79H109F5N12O13/c1-12-48(3)66-74(106)89(7)45-64(99)91(9)58-28-18-15-21-37-95(73(58)105)61-40-50-31-29-49(30-32-50)24-16-14-17-27-57(68(100)86-66)90(8)63(98)42-60(72(104)94-35-22-23-36-94)92(10)75(107)67(52-25-19-20-26-52)93(11)76(108)78(46-77(4,5)47-78)87-69(101)59-41-53(109-13-2)43-96(59)70(102)56(85-62(97)44-88(6)71(61)103)34-33-51-38-54(80)65(55(81)39-51)79(82,83)84/h15-16,18,24,29-32,38-39,48,52-53,56-61,66-67H,12-14,17,19-23,25-28,33-37,40-47H2,1-11H3,(H,85,97)(H,86,100)(H,87,101)/b18-15-,24-16+/t48-,53+,56-,57-,58-,59-,60-,61-,66-,67-/m0/s1. The lowest BCUT2D eigenvalue weighted by Gasteiger charge is -2.54. The van der Waals surface area contributed by atoms with Gasteiger partial charge in [-0.1, -0.05) is 95.5 Å². The van der Waals surface area contributed by atoms with Gasteiger partial charge in [-0.2, -0.15) is 13.2 Å². The van der Waals surface area contributed by atoms with Gasteiger partial charge in [0.1, 0.15) is 71.1 Å². The Bertz CT molecular complexity index is 3760. The topological polar surface area (TPSA) is 279 Å². The molecule has 4 fully saturated rings. The number of carbonyl (C=O) groups excluding carboxylic acids is 12. The van der Waals surface area contributed by atoms with Gasteiger partial charge in [0.05, 0.1) is 25.6 Å². The molecule has 2 aromatic rings. The van der Waals surface area contributed by atoms with E-state index in [-0.39, 0.29) is 70.2 Å². The highest BCUT2D eigenvalue weighted by atomic mass is 19.4. The molecule has 2 saturated carbocycles. The van der Waals surface area contributed by atoms with E-state index in [1.54, 1.807) is 55.2 Å². The number of nitrogens with one attached hydrogen (secondary N) is 3. The van der Waals surface area contributed by atoms with Gasteiger partial charge in [-0.15, -0.1) is 0 Å². The second kappa shape index (κ2) is 35.9. The van der Waals surface area contributed by atoms with Crippen LogP contribution in [0.25, 0.3) is 6.08 Å². The van der Waals surface area contributed by atoms with E-state index in [0.29, 0.717) is 94.1 Å². The number of hydrogen-bond donors (Lipinski definition) is 3. The van der Waals surface area contributed by atoms with Crippen molar-refractivity contribution in [2.24, 2.45) is 17.3 Å². The summed E-state index contributed by atoms with van der Waals surface area (Å²) in [5.74, 6) is -13.7. The first-order valence-electron chi connectivity index (χ1n) is 38.4. The number of likely N-dealkylation sites (N-methyl/N-ethyl adjacent to an activating group) is 6. The maximum Gasteiger partial charge on any atom is 0.422 e. The van der Waals surface area contributed by atoms with E-state index < -0.39 is 204 Å². The number of likely N-dealkylation sites (tertiary alicyclic amines) is 1. The lowest BCUT2D eigenvalue weighted by atomic mass is 9.58. The molecule has 25 nitrogen and oxygen atoms in total. The molecule has 3 N–H and O–H groups in total. The molecule has 11 rings (SSSR count). The smallest absolute Gasteiger partial charge is 0.377 e. The van der Waals surface area contributed by atoms with Crippen LogP contribution >= 0.6 is 0 Å². The molecule has 0 aromatic heterocycles. The SMILES string of the molecule is CCO[C@@H]1C[C@H]2C(=O)NC3(CC(C)(C)C3)C(=O)N(C)[C@@H](C3CCCC3)C(=O)N(C)[C@H](C(=O)N3CCCC3)CC(=O)N(C)[C@H]3CCC/C=C/c4ccc(cc4)C[C@@H](C(=O)N(C)CC(=O)N[C@@H](CCc4cc(F)c(C(F)(F)F)c(F)c4)C(=O)N2C1)N1CC/C=C\C[C@@H](C1=O)N(C)C(=O)CN(C)C(=O)[C@H]([C@@H](C)CC)NC3=O. The Labute approximate surface area is 635 Å². The summed E-state index contributed by atoms with van der Waals surface area (Å²) < 4.78 is 78.4. The van der Waals surface area contributed by atoms with Gasteiger partial charge in [0.15, 0.2) is 0 Å². The third-order valence-corrected chi connectivity index (χ3v) is 23.2. The fourth-order valence-corrected chi connectivity index (χ4v) is 17.0. The average Bonchev–Trinajstić information content (AvgIpc) is 1.20. The van der Waals surface area contributed by atoms with Crippen molar-refractivity contribution in [1.82, 2.24) is 60.0 Å². The van der Waals surface area contributed by atoms with Gasteiger partial charge >= 0.3 is 6.18 Å². The van der Waals surface area contributed by atoms with E-state index in [0.717, 1.165) is 14.7 Å². The van der Waals surface area contributed by atoms with E-state index in [4.69, 9.17) is 4.74 Å². The molecule has 598 valence electrons. The van der Waals surface area contributed by atoms with Crippen molar-refractivity contribution < 1.29 is 84.2 Å². The summed E-state index contributed by atoms with van der Waals surface area (Å²) >= 11 is 0. The molecule has 0 radical (unpaired) electrons. The van der Waals surface area contributed by atoms with Crippen LogP contribution in [-0.4, -0.2) is 263 Å². The Hall–Kier alpha value is -8.83. The number of alkyl halides is 3. The summed E-state index contributed by atoms with van der Waals surface area (Å²) in [6.07, 6.45) is 4.05. The van der Waals surface area contributed by atoms with E-state index in [1.165, 1.54) is 66.8 Å². The van der Waals surface area contributed by atoms with Crippen molar-refractivity contribution in [3.05, 3.63) is 88.5 Å². The second-order valence-corrected chi connectivity index (χ2v) is 31.7. The number of carbonyl (C=O) groups is 12. The highest BCUT2D eigenvalue weighted by molar-refractivity contribution is 6.01. The van der Waals surface area contributed by atoms with E-state index >= 15 is 51.9 Å². The highest BCUT2D eigenvalue weighted by Crippen LogP contribution is 2.50. The van der Waals surface area contributed by atoms with Crippen molar-refractivity contribution in [3.8, 4) is 0 Å². The minimum absolute atomic E-state index is 0.0319. The molecule has 12 amide bonds. The van der Waals surface area contributed by atoms with Crippen LogP contribution < -0.4 is 16.0 Å². The Morgan fingerprint density at radius 3 is 1.91 bits per heavy atom. The normalized spacial score (nSPS) is 28.0. The van der Waals surface area contributed by atoms with Crippen molar-refractivity contribution in [3.63, 3.8) is 0 Å². The molecular weight excluding hydrogens is 1420 g/mol. The van der Waals surface area contributed by atoms with Gasteiger partial charge in [0.25, 0.3) is 0 Å². The first-order valence-corrected chi connectivity index (χ1v) is 38.4. The zero-order valence-electron chi connectivity index (χ0n) is 64.7. The zero-order chi connectivity index (χ0) is 79.7. The van der Waals surface area contributed by atoms with Crippen LogP contribution in [0, 0.1) is 28.9 Å². The lowest BCUT2D eigenvalue weighted by Crippen LogP contribution is -2.71. The highest BCUT2D eigenvalue weighted by Gasteiger charge is 2.59. The molecule has 1 spiro atoms. The number of allylic oxidation sites excluding steroid dienone is 1. The van der Waals surface area contributed by atoms with Crippen molar-refractivity contribution in [1.29, 1.82) is 0 Å². The van der Waals surface area contributed by atoms with Gasteiger partial charge in [-0.3, -0.25) is 57.5 Å². The quantitative estimate of drug-likeness (QED) is 0.147. The molecule has 0 unspecified atom stereocenters. The molecule has 6 bridgehead atoms. The van der Waals surface area contributed by atoms with E-state index in [1.807, 2.05) is 32.9 Å². The van der Waals surface area contributed by atoms with Gasteiger partial charge in [0, 0.05) is 87.9 Å². The van der Waals surface area contributed by atoms with Crippen LogP contribution in [0.1, 0.15) is 166 Å². The lowest BCUT2D eigenvalue weighted by molar-refractivity contribution is -0.161. The van der Waals surface area contributed by atoms with Gasteiger partial charge < -0.3 is 64.8 Å². The Balaban J connectivity index is 1.18. The number of aryl methyl sites for hydroxylation is 1. The predicted octanol–water partition coefficient (Wildman–Crippen LogP) is 6.04. The number of ether oxygens (including phenoxy) is 1. The molecule has 2 aliphatic carbocycles. The number of hydrogen-bond acceptors (Lipinski definition) is 13. The number of fused-ring (bicyclic) bond motifs is 22. The molecule has 7 heterocycles. The number of amides is 12. The molecule has 109 heavy (non-hydrogen) atoms. The van der Waals surface area contributed by atoms with Crippen molar-refractivity contribution in [2.75, 3.05) is 88.2 Å². The van der Waals surface area contributed by atoms with Crippen LogP contribution in [0.2, 0.25) is 0 Å². The first kappa shape index (κ1) is 84.2. The van der Waals surface area contributed by atoms with Crippen LogP contribution in [-0.2, 0) is 81.3 Å². The maximum atomic E-state index is 15.9. The second-order valence-electron chi connectivity index (χ2n) is 31.7. The summed E-state index contributed by atoms with van der Waals surface area (Å²) in [6.45, 7) is 8.05. The average molecular weight is 1530 g/mol. The predicted molar refractivity (Wildman–Crippen MR) is 393 cm³/mol. The third kappa shape index (κ3) is 19.7. The minimum atomic E-state index is -5.42. The fourth-order valence-electron chi connectivity index (χ4n) is 17.0. The fraction of sp³-hybridized carbons (Fsp3) is 0.646. The summed E-state index contributed by atoms with van der Waals surface area (Å²) in [7, 11) is 8.37. The molecule has 30 heteroatoms. The number of nitrogens with zero attached hydrogens (tertiary/aromatic N) is 9. The Morgan fingerprint density at radius 2 is 1.28 bits per heavy atom. The first-order chi connectivity index (χ1) is 51.5. The molecule has 2 saturated heterocycles. The minimum Gasteiger partial charge on any atom is -0.377 e. The number of benzene rings is 2. The maximum absolute atomic E-state index is 15.9. The Morgan fingerprint density at radius 1 is 0.642 bits per heavy atom. The summed E-state index contributed by atoms with van der Waals surface area (Å²) in [4.78, 5) is 195. The molecular formula is C79H109F5N12O13. The largest absolute Gasteiger partial charge is 0.422 e. The summed E-state index contributed by atoms with van der Waals surface area (Å²) in [5.41, 5.74) is -3.53. The molecule has 9 aliphatic rings. The van der Waals surface area contributed by atoms with E-state index in [9.17, 15) is 27.6 Å². The van der Waals surface area contributed by atoms with Crippen LogP contribution in [0.15, 0.2) is 54.6 Å². The molecule has 10 atom stereocenters. The van der Waals surface area contributed by atoms with Gasteiger partial charge in [-0.25, -0.2) is 8.78 Å². The van der Waals surface area contributed by atoms with E-state index in [2.05, 4.69) is 16.0 Å². The number of rotatable bonds is 9.